The fraction of sp³-hybridized carbons (Fsp3) is 0.148. The molecule has 9 heteroatoms. The third kappa shape index (κ3) is 6.11. The first-order valence-corrected chi connectivity index (χ1v) is 11.8. The van der Waals surface area contributed by atoms with Crippen molar-refractivity contribution in [1.29, 1.82) is 0 Å². The van der Waals surface area contributed by atoms with Crippen molar-refractivity contribution in [2.24, 2.45) is 0 Å². The van der Waals surface area contributed by atoms with Crippen LogP contribution in [0.15, 0.2) is 71.6 Å². The third-order valence-electron chi connectivity index (χ3n) is 5.31. The Hall–Kier alpha value is -4.11. The first kappa shape index (κ1) is 25.0. The first-order chi connectivity index (χ1) is 17.3. The van der Waals surface area contributed by atoms with Gasteiger partial charge < -0.3 is 14.8 Å². The van der Waals surface area contributed by atoms with Crippen molar-refractivity contribution >= 4 is 40.6 Å². The van der Waals surface area contributed by atoms with Gasteiger partial charge in [-0.25, -0.2) is 4.39 Å². The summed E-state index contributed by atoms with van der Waals surface area (Å²) in [5.41, 5.74) is 3.03. The lowest BCUT2D eigenvalue weighted by molar-refractivity contribution is -0.123. The van der Waals surface area contributed by atoms with Crippen molar-refractivity contribution in [1.82, 2.24) is 4.90 Å². The quantitative estimate of drug-likeness (QED) is 0.412. The lowest BCUT2D eigenvalue weighted by atomic mass is 10.1. The molecule has 0 atom stereocenters. The van der Waals surface area contributed by atoms with E-state index in [4.69, 9.17) is 9.47 Å². The van der Waals surface area contributed by atoms with E-state index in [1.807, 2.05) is 31.2 Å². The fourth-order valence-corrected chi connectivity index (χ4v) is 4.27. The van der Waals surface area contributed by atoms with E-state index in [2.05, 4.69) is 5.32 Å². The Morgan fingerprint density at radius 1 is 1.03 bits per heavy atom. The molecule has 36 heavy (non-hydrogen) atoms. The molecule has 0 saturated carbocycles. The van der Waals surface area contributed by atoms with E-state index in [0.717, 1.165) is 22.2 Å². The van der Waals surface area contributed by atoms with E-state index in [1.165, 1.54) is 31.4 Å². The van der Waals surface area contributed by atoms with Crippen LogP contribution in [0.3, 0.4) is 0 Å². The van der Waals surface area contributed by atoms with E-state index in [-0.39, 0.29) is 29.8 Å². The molecule has 0 unspecified atom stereocenters. The molecule has 0 bridgehead atoms. The van der Waals surface area contributed by atoms with Gasteiger partial charge in [0, 0.05) is 5.69 Å². The molecule has 184 valence electrons. The highest BCUT2D eigenvalue weighted by molar-refractivity contribution is 8.18. The zero-order chi connectivity index (χ0) is 25.7. The summed E-state index contributed by atoms with van der Waals surface area (Å²) < 4.78 is 24.1. The maximum atomic E-state index is 13.1. The summed E-state index contributed by atoms with van der Waals surface area (Å²) in [5, 5.41) is 2.36. The van der Waals surface area contributed by atoms with Crippen LogP contribution in [-0.2, 0) is 16.1 Å². The minimum absolute atomic E-state index is 0.0586. The number of benzene rings is 3. The van der Waals surface area contributed by atoms with E-state index in [9.17, 15) is 18.8 Å². The average molecular weight is 507 g/mol. The lowest BCUT2D eigenvalue weighted by Crippen LogP contribution is -2.27. The molecule has 1 fully saturated rings. The second-order valence-corrected chi connectivity index (χ2v) is 9.00. The molecule has 3 amide bonds. The summed E-state index contributed by atoms with van der Waals surface area (Å²) in [5.74, 6) is -0.405. The first-order valence-electron chi connectivity index (χ1n) is 11.0. The summed E-state index contributed by atoms with van der Waals surface area (Å²) in [4.78, 5) is 38.8. The van der Waals surface area contributed by atoms with Crippen LogP contribution >= 0.6 is 11.8 Å². The second-order valence-electron chi connectivity index (χ2n) is 8.01. The monoisotopic (exact) mass is 506 g/mol. The largest absolute Gasteiger partial charge is 0.493 e. The Bertz CT molecular complexity index is 1320. The summed E-state index contributed by atoms with van der Waals surface area (Å²) in [6.07, 6.45) is 1.59. The number of imide groups is 1. The highest BCUT2D eigenvalue weighted by atomic mass is 32.2. The average Bonchev–Trinajstić information content (AvgIpc) is 3.13. The normalized spacial score (nSPS) is 14.3. The second kappa shape index (κ2) is 11.1. The van der Waals surface area contributed by atoms with E-state index < -0.39 is 11.1 Å². The Morgan fingerprint density at radius 2 is 1.75 bits per heavy atom. The summed E-state index contributed by atoms with van der Waals surface area (Å²) in [7, 11) is 1.47. The zero-order valence-corrected chi connectivity index (χ0v) is 20.4. The van der Waals surface area contributed by atoms with Gasteiger partial charge in [-0.3, -0.25) is 19.3 Å². The number of hydrogen-bond donors (Lipinski definition) is 1. The maximum absolute atomic E-state index is 13.1. The Balaban J connectivity index is 1.41. The van der Waals surface area contributed by atoms with Crippen LogP contribution in [-0.4, -0.2) is 35.7 Å². The molecule has 3 aromatic carbocycles. The van der Waals surface area contributed by atoms with Crippen LogP contribution in [0.4, 0.5) is 14.9 Å². The van der Waals surface area contributed by atoms with Gasteiger partial charge in [0.2, 0.25) is 0 Å². The Morgan fingerprint density at radius 3 is 2.44 bits per heavy atom. The minimum Gasteiger partial charge on any atom is -0.493 e. The topological polar surface area (TPSA) is 84.9 Å². The smallest absolute Gasteiger partial charge is 0.293 e. The number of nitrogens with zero attached hydrogens (tertiary/aromatic N) is 1. The van der Waals surface area contributed by atoms with Gasteiger partial charge >= 0.3 is 0 Å². The number of hydrogen-bond acceptors (Lipinski definition) is 6. The van der Waals surface area contributed by atoms with Gasteiger partial charge in [0.25, 0.3) is 17.1 Å². The van der Waals surface area contributed by atoms with Crippen molar-refractivity contribution in [3.05, 3.63) is 94.1 Å². The molecule has 3 aromatic rings. The van der Waals surface area contributed by atoms with Crippen LogP contribution in [0.1, 0.15) is 16.7 Å². The number of anilines is 1. The SMILES string of the molecule is COc1cc(/C=C2/SC(=O)N(Cc3ccc(F)cc3)C2=O)ccc1OCC(=O)Nc1ccc(C)cc1. The summed E-state index contributed by atoms with van der Waals surface area (Å²) in [6, 6.07) is 18.0. The molecule has 1 aliphatic heterocycles. The number of rotatable bonds is 8. The van der Waals surface area contributed by atoms with E-state index in [0.29, 0.717) is 28.3 Å². The lowest BCUT2D eigenvalue weighted by Gasteiger charge is -2.12. The van der Waals surface area contributed by atoms with Gasteiger partial charge in [0.15, 0.2) is 18.1 Å². The molecular formula is C27H23FN2O5S. The van der Waals surface area contributed by atoms with Gasteiger partial charge in [-0.15, -0.1) is 0 Å². The molecule has 1 aliphatic rings. The van der Waals surface area contributed by atoms with Crippen molar-refractivity contribution in [3.8, 4) is 11.5 Å². The van der Waals surface area contributed by atoms with Crippen molar-refractivity contribution < 1.29 is 28.2 Å². The van der Waals surface area contributed by atoms with Crippen LogP contribution in [0.2, 0.25) is 0 Å². The standard InChI is InChI=1S/C27H23FN2O5S/c1-17-3-10-21(11-4-17)29-25(31)16-35-22-12-7-19(13-23(22)34-2)14-24-26(32)30(27(33)36-24)15-18-5-8-20(28)9-6-18/h3-14H,15-16H2,1-2H3,(H,29,31)/b24-14+. The predicted octanol–water partition coefficient (Wildman–Crippen LogP) is 5.40. The number of methoxy groups -OCH3 is 1. The van der Waals surface area contributed by atoms with E-state index >= 15 is 0 Å². The molecular weight excluding hydrogens is 483 g/mol. The van der Waals surface area contributed by atoms with Gasteiger partial charge in [-0.1, -0.05) is 35.9 Å². The Kier molecular flexibility index (Phi) is 7.70. The molecule has 0 aromatic heterocycles. The number of halogens is 1. The molecule has 1 heterocycles. The molecule has 7 nitrogen and oxygen atoms in total. The number of thioether (sulfide) groups is 1. The minimum atomic E-state index is -0.429. The highest BCUT2D eigenvalue weighted by Gasteiger charge is 2.35. The number of carbonyl (C=O) groups is 3. The molecule has 0 aliphatic carbocycles. The number of amides is 3. The van der Waals surface area contributed by atoms with Crippen molar-refractivity contribution in [2.45, 2.75) is 13.5 Å². The number of carbonyl (C=O) groups excluding carboxylic acids is 3. The predicted molar refractivity (Wildman–Crippen MR) is 136 cm³/mol. The van der Waals surface area contributed by atoms with Crippen molar-refractivity contribution in [3.63, 3.8) is 0 Å². The van der Waals surface area contributed by atoms with Crippen LogP contribution in [0.25, 0.3) is 6.08 Å². The van der Waals surface area contributed by atoms with Crippen LogP contribution in [0.5, 0.6) is 11.5 Å². The molecule has 4 rings (SSSR count). The number of aryl methyl sites for hydroxylation is 1. The van der Waals surface area contributed by atoms with E-state index in [1.54, 1.807) is 24.3 Å². The maximum Gasteiger partial charge on any atom is 0.293 e. The van der Waals surface area contributed by atoms with Gasteiger partial charge in [-0.2, -0.15) is 0 Å². The molecule has 1 N–H and O–H groups in total. The third-order valence-corrected chi connectivity index (χ3v) is 6.21. The fourth-order valence-electron chi connectivity index (χ4n) is 3.43. The molecule has 1 saturated heterocycles. The van der Waals surface area contributed by atoms with Crippen molar-refractivity contribution in [2.75, 3.05) is 19.0 Å². The number of nitrogens with one attached hydrogen (secondary N) is 1. The van der Waals surface area contributed by atoms with Gasteiger partial charge in [-0.05, 0) is 72.3 Å². The van der Waals surface area contributed by atoms with Crippen LogP contribution < -0.4 is 14.8 Å². The zero-order valence-electron chi connectivity index (χ0n) is 19.6. The van der Waals surface area contributed by atoms with Crippen LogP contribution in [0, 0.1) is 12.7 Å². The van der Waals surface area contributed by atoms with Gasteiger partial charge in [0.1, 0.15) is 5.82 Å². The summed E-state index contributed by atoms with van der Waals surface area (Å²) in [6.45, 7) is 1.80. The number of ether oxygens (including phenoxy) is 2. The van der Waals surface area contributed by atoms with Gasteiger partial charge in [0.05, 0.1) is 18.6 Å². The molecule has 0 spiro atoms. The summed E-state index contributed by atoms with van der Waals surface area (Å²) >= 11 is 0.832. The molecule has 0 radical (unpaired) electrons. The highest BCUT2D eigenvalue weighted by Crippen LogP contribution is 2.35. The Labute approximate surface area is 211 Å².